The van der Waals surface area contributed by atoms with Crippen LogP contribution in [0.5, 0.6) is 0 Å². The molecule has 1 saturated heterocycles. The lowest BCUT2D eigenvalue weighted by molar-refractivity contribution is 0.0716. The van der Waals surface area contributed by atoms with E-state index in [2.05, 4.69) is 39.6 Å². The highest BCUT2D eigenvalue weighted by Crippen LogP contribution is 2.38. The van der Waals surface area contributed by atoms with Crippen molar-refractivity contribution in [1.29, 1.82) is 0 Å². The van der Waals surface area contributed by atoms with Crippen LogP contribution in [-0.2, 0) is 0 Å². The topological polar surface area (TPSA) is 54.3 Å². The second-order valence-corrected chi connectivity index (χ2v) is 7.63. The maximum Gasteiger partial charge on any atom is 0.255 e. The van der Waals surface area contributed by atoms with Crippen LogP contribution >= 0.6 is 0 Å². The summed E-state index contributed by atoms with van der Waals surface area (Å²) in [5.74, 6) is 1.03. The molecule has 0 N–H and O–H groups in total. The molecule has 2 aromatic rings. The van der Waals surface area contributed by atoms with Gasteiger partial charge >= 0.3 is 0 Å². The van der Waals surface area contributed by atoms with Crippen molar-refractivity contribution >= 4 is 11.7 Å². The number of aromatic nitrogens is 3. The Morgan fingerprint density at radius 2 is 2.08 bits per heavy atom. The molecule has 1 aliphatic heterocycles. The van der Waals surface area contributed by atoms with Crippen LogP contribution in [0.3, 0.4) is 0 Å². The quantitative estimate of drug-likeness (QED) is 0.848. The maximum absolute atomic E-state index is 13.2. The lowest BCUT2D eigenvalue weighted by Gasteiger charge is -2.38. The first-order valence-corrected chi connectivity index (χ1v) is 9.54. The van der Waals surface area contributed by atoms with Crippen LogP contribution in [0.25, 0.3) is 0 Å². The van der Waals surface area contributed by atoms with Gasteiger partial charge in [0.25, 0.3) is 5.91 Å². The monoisotopic (exact) mass is 353 g/mol. The zero-order valence-corrected chi connectivity index (χ0v) is 15.9. The summed E-state index contributed by atoms with van der Waals surface area (Å²) in [5.41, 5.74) is 3.17. The minimum absolute atomic E-state index is 0.135. The second-order valence-electron chi connectivity index (χ2n) is 7.63. The molecule has 6 heteroatoms. The van der Waals surface area contributed by atoms with Gasteiger partial charge in [0.2, 0.25) is 0 Å². The molecule has 2 aliphatic rings. The smallest absolute Gasteiger partial charge is 0.255 e. The van der Waals surface area contributed by atoms with Gasteiger partial charge in [-0.25, -0.2) is 0 Å². The third-order valence-corrected chi connectivity index (χ3v) is 5.77. The summed E-state index contributed by atoms with van der Waals surface area (Å²) in [6.07, 6.45) is 6.24. The third-order valence-electron chi connectivity index (χ3n) is 5.77. The van der Waals surface area contributed by atoms with Crippen LogP contribution in [-0.4, -0.2) is 51.8 Å². The Hall–Kier alpha value is -2.37. The number of nitrogens with zero attached hydrogens (tertiary/aromatic N) is 5. The molecule has 1 unspecified atom stereocenters. The zero-order valence-electron chi connectivity index (χ0n) is 15.9. The number of likely N-dealkylation sites (N-methyl/N-ethyl adjacent to an activating group) is 1. The van der Waals surface area contributed by atoms with Gasteiger partial charge in [0, 0.05) is 49.8 Å². The van der Waals surface area contributed by atoms with Crippen molar-refractivity contribution in [2.24, 2.45) is 0 Å². The molecule has 0 bridgehead atoms. The van der Waals surface area contributed by atoms with E-state index in [-0.39, 0.29) is 11.9 Å². The van der Waals surface area contributed by atoms with E-state index in [0.717, 1.165) is 43.0 Å². The molecule has 1 amide bonds. The van der Waals surface area contributed by atoms with Gasteiger partial charge in [0.1, 0.15) is 0 Å². The van der Waals surface area contributed by atoms with Gasteiger partial charge < -0.3 is 14.4 Å². The maximum atomic E-state index is 13.2. The molecular formula is C20H27N5O. The van der Waals surface area contributed by atoms with E-state index in [1.54, 1.807) is 6.20 Å². The van der Waals surface area contributed by atoms with Crippen molar-refractivity contribution in [1.82, 2.24) is 19.7 Å². The van der Waals surface area contributed by atoms with Crippen LogP contribution in [0.15, 0.2) is 24.4 Å². The van der Waals surface area contributed by atoms with Crippen molar-refractivity contribution in [2.75, 3.05) is 25.0 Å². The van der Waals surface area contributed by atoms with Crippen molar-refractivity contribution in [2.45, 2.75) is 51.6 Å². The largest absolute Gasteiger partial charge is 0.353 e. The molecule has 2 aromatic heterocycles. The van der Waals surface area contributed by atoms with E-state index in [1.165, 1.54) is 18.5 Å². The van der Waals surface area contributed by atoms with E-state index < -0.39 is 0 Å². The number of carbonyl (C=O) groups is 1. The Kier molecular flexibility index (Phi) is 4.42. The minimum atomic E-state index is 0.135. The highest BCUT2D eigenvalue weighted by molar-refractivity contribution is 5.95. The number of aryl methyl sites for hydroxylation is 1. The second kappa shape index (κ2) is 6.74. The van der Waals surface area contributed by atoms with Crippen molar-refractivity contribution in [3.63, 3.8) is 0 Å². The van der Waals surface area contributed by atoms with E-state index in [1.807, 2.05) is 24.1 Å². The van der Waals surface area contributed by atoms with Crippen molar-refractivity contribution in [3.05, 3.63) is 41.3 Å². The summed E-state index contributed by atoms with van der Waals surface area (Å²) in [6, 6.07) is 6.76. The molecule has 2 fully saturated rings. The average Bonchev–Trinajstić information content (AvgIpc) is 3.46. The highest BCUT2D eigenvalue weighted by atomic mass is 16.2. The minimum Gasteiger partial charge on any atom is -0.353 e. The van der Waals surface area contributed by atoms with Crippen LogP contribution < -0.4 is 4.90 Å². The predicted octanol–water partition coefficient (Wildman–Crippen LogP) is 2.97. The molecule has 0 aromatic carbocycles. The SMILES string of the molecule is Cc1cc(C(=O)N(C)C2CCCN(c3cccnn3)C2)c(C)n1C1CC1. The summed E-state index contributed by atoms with van der Waals surface area (Å²) in [6.45, 7) is 5.97. The first kappa shape index (κ1) is 17.1. The number of hydrogen-bond acceptors (Lipinski definition) is 4. The Labute approximate surface area is 154 Å². The van der Waals surface area contributed by atoms with Gasteiger partial charge in [-0.1, -0.05) is 0 Å². The number of carbonyl (C=O) groups excluding carboxylic acids is 1. The number of anilines is 1. The van der Waals surface area contributed by atoms with Crippen LogP contribution in [0.1, 0.15) is 53.5 Å². The fourth-order valence-corrected chi connectivity index (χ4v) is 4.19. The average molecular weight is 353 g/mol. The Morgan fingerprint density at radius 3 is 2.77 bits per heavy atom. The molecule has 138 valence electrons. The lowest BCUT2D eigenvalue weighted by atomic mass is 10.0. The Morgan fingerprint density at radius 1 is 1.27 bits per heavy atom. The molecule has 3 heterocycles. The number of hydrogen-bond donors (Lipinski definition) is 0. The van der Waals surface area contributed by atoms with Crippen LogP contribution in [0.4, 0.5) is 5.82 Å². The molecule has 1 atom stereocenters. The summed E-state index contributed by atoms with van der Waals surface area (Å²) in [7, 11) is 1.94. The molecule has 1 aliphatic carbocycles. The molecular weight excluding hydrogens is 326 g/mol. The van der Waals surface area contributed by atoms with Crippen molar-refractivity contribution < 1.29 is 4.79 Å². The first-order valence-electron chi connectivity index (χ1n) is 9.54. The number of piperidine rings is 1. The summed E-state index contributed by atoms with van der Waals surface area (Å²) in [5, 5.41) is 8.21. The van der Waals surface area contributed by atoms with Gasteiger partial charge in [0.05, 0.1) is 5.56 Å². The predicted molar refractivity (Wildman–Crippen MR) is 102 cm³/mol. The third kappa shape index (κ3) is 3.08. The molecule has 0 radical (unpaired) electrons. The van der Waals surface area contributed by atoms with Gasteiger partial charge in [-0.15, -0.1) is 5.10 Å². The molecule has 1 saturated carbocycles. The molecule has 6 nitrogen and oxygen atoms in total. The summed E-state index contributed by atoms with van der Waals surface area (Å²) in [4.78, 5) is 17.3. The molecule has 4 rings (SSSR count). The van der Waals surface area contributed by atoms with E-state index >= 15 is 0 Å². The summed E-state index contributed by atoms with van der Waals surface area (Å²) < 4.78 is 2.34. The number of amides is 1. The molecule has 26 heavy (non-hydrogen) atoms. The van der Waals surface area contributed by atoms with E-state index in [0.29, 0.717) is 6.04 Å². The zero-order chi connectivity index (χ0) is 18.3. The summed E-state index contributed by atoms with van der Waals surface area (Å²) >= 11 is 0. The first-order chi connectivity index (χ1) is 12.6. The fraction of sp³-hybridized carbons (Fsp3) is 0.550. The van der Waals surface area contributed by atoms with E-state index in [4.69, 9.17) is 0 Å². The standard InChI is InChI=1S/C20H27N5O/c1-14-12-18(15(2)25(14)16-8-9-16)20(26)23(3)17-6-5-11-24(13-17)19-7-4-10-21-22-19/h4,7,10,12,16-17H,5-6,8-9,11,13H2,1-3H3. The lowest BCUT2D eigenvalue weighted by Crippen LogP contribution is -2.49. The normalized spacial score (nSPS) is 20.3. The van der Waals surface area contributed by atoms with E-state index in [9.17, 15) is 4.79 Å². The van der Waals surface area contributed by atoms with Crippen LogP contribution in [0.2, 0.25) is 0 Å². The van der Waals surface area contributed by atoms with Gasteiger partial charge in [0.15, 0.2) is 5.82 Å². The van der Waals surface area contributed by atoms with Crippen molar-refractivity contribution in [3.8, 4) is 0 Å². The van der Waals surface area contributed by atoms with Gasteiger partial charge in [-0.2, -0.15) is 5.10 Å². The Bertz CT molecular complexity index is 796. The van der Waals surface area contributed by atoms with Crippen LogP contribution in [0, 0.1) is 13.8 Å². The fourth-order valence-electron chi connectivity index (χ4n) is 4.19. The highest BCUT2D eigenvalue weighted by Gasteiger charge is 2.32. The Balaban J connectivity index is 1.51. The molecule has 0 spiro atoms. The van der Waals surface area contributed by atoms with Gasteiger partial charge in [-0.3, -0.25) is 4.79 Å². The van der Waals surface area contributed by atoms with Gasteiger partial charge in [-0.05, 0) is 57.7 Å². The number of rotatable bonds is 4.